The summed E-state index contributed by atoms with van der Waals surface area (Å²) >= 11 is 0. The molecule has 2 saturated heterocycles. The molecule has 2 aliphatic rings. The van der Waals surface area contributed by atoms with Crippen molar-refractivity contribution < 1.29 is 9.47 Å². The summed E-state index contributed by atoms with van der Waals surface area (Å²) in [5.41, 5.74) is 1.12. The number of ether oxygens (including phenoxy) is 2. The van der Waals surface area contributed by atoms with E-state index in [2.05, 4.69) is 14.9 Å². The fourth-order valence-corrected chi connectivity index (χ4v) is 2.97. The van der Waals surface area contributed by atoms with Gasteiger partial charge in [-0.15, -0.1) is 0 Å². The Labute approximate surface area is 114 Å². The number of imidazole rings is 1. The van der Waals surface area contributed by atoms with Crippen LogP contribution in [0.15, 0.2) is 6.20 Å². The molecule has 0 amide bonds. The highest BCUT2D eigenvalue weighted by Crippen LogP contribution is 2.25. The number of hydrogen-bond acceptors (Lipinski definition) is 4. The van der Waals surface area contributed by atoms with Crippen LogP contribution in [-0.2, 0) is 9.47 Å². The molecule has 5 nitrogen and oxygen atoms in total. The topological polar surface area (TPSA) is 50.4 Å². The van der Waals surface area contributed by atoms with Gasteiger partial charge in [-0.1, -0.05) is 0 Å². The quantitative estimate of drug-likeness (QED) is 0.900. The molecule has 0 spiro atoms. The fraction of sp³-hybridized carbons (Fsp3) is 0.786. The minimum absolute atomic E-state index is 0.283. The van der Waals surface area contributed by atoms with Gasteiger partial charge in [0.25, 0.3) is 0 Å². The van der Waals surface area contributed by atoms with Crippen molar-refractivity contribution in [2.45, 2.75) is 25.8 Å². The Kier molecular flexibility index (Phi) is 4.15. The molecular formula is C14H23N3O2. The molecule has 3 heterocycles. The van der Waals surface area contributed by atoms with E-state index in [-0.39, 0.29) is 6.04 Å². The Morgan fingerprint density at radius 2 is 2.16 bits per heavy atom. The molecule has 0 saturated carbocycles. The van der Waals surface area contributed by atoms with Gasteiger partial charge in [-0.05, 0) is 25.7 Å². The van der Waals surface area contributed by atoms with E-state index >= 15 is 0 Å². The molecule has 1 N–H and O–H groups in total. The van der Waals surface area contributed by atoms with E-state index in [1.54, 1.807) is 0 Å². The lowest BCUT2D eigenvalue weighted by atomic mass is 9.98. The summed E-state index contributed by atoms with van der Waals surface area (Å²) in [5, 5.41) is 0. The Bertz CT molecular complexity index is 401. The minimum atomic E-state index is 0.283. The summed E-state index contributed by atoms with van der Waals surface area (Å²) < 4.78 is 11.1. The van der Waals surface area contributed by atoms with Crippen LogP contribution in [0.25, 0.3) is 0 Å². The maximum atomic E-state index is 5.64. The smallest absolute Gasteiger partial charge is 0.126 e. The van der Waals surface area contributed by atoms with Crippen LogP contribution in [-0.4, -0.2) is 54.4 Å². The van der Waals surface area contributed by atoms with Gasteiger partial charge in [-0.2, -0.15) is 0 Å². The number of aromatic amines is 1. The standard InChI is InChI=1S/C14H23N3O2/c1-11-8-15-14(16-11)13-10-19-7-4-17(13)9-12-2-5-18-6-3-12/h8,12-13H,2-7,9-10H2,1H3,(H,15,16)/t13-/m1/s1. The first kappa shape index (κ1) is 13.1. The van der Waals surface area contributed by atoms with Gasteiger partial charge in [0.2, 0.25) is 0 Å². The second-order valence-corrected chi connectivity index (χ2v) is 5.59. The zero-order valence-electron chi connectivity index (χ0n) is 11.6. The first-order chi connectivity index (χ1) is 9.33. The van der Waals surface area contributed by atoms with Crippen molar-refractivity contribution in [2.75, 3.05) is 39.5 Å². The van der Waals surface area contributed by atoms with Crippen LogP contribution in [0, 0.1) is 12.8 Å². The molecule has 1 aromatic rings. The normalized spacial score (nSPS) is 26.7. The molecule has 0 bridgehead atoms. The molecule has 0 aromatic carbocycles. The summed E-state index contributed by atoms with van der Waals surface area (Å²) in [6.45, 7) is 7.59. The predicted octanol–water partition coefficient (Wildman–Crippen LogP) is 1.52. The number of aromatic nitrogens is 2. The van der Waals surface area contributed by atoms with Gasteiger partial charge in [-0.3, -0.25) is 4.90 Å². The predicted molar refractivity (Wildman–Crippen MR) is 72.0 cm³/mol. The Morgan fingerprint density at radius 3 is 2.89 bits per heavy atom. The van der Waals surface area contributed by atoms with Crippen molar-refractivity contribution in [3.63, 3.8) is 0 Å². The molecule has 0 aliphatic carbocycles. The molecule has 2 fully saturated rings. The van der Waals surface area contributed by atoms with Crippen molar-refractivity contribution in [3.8, 4) is 0 Å². The minimum Gasteiger partial charge on any atom is -0.381 e. The lowest BCUT2D eigenvalue weighted by Crippen LogP contribution is -2.43. The summed E-state index contributed by atoms with van der Waals surface area (Å²) in [4.78, 5) is 10.4. The number of hydrogen-bond donors (Lipinski definition) is 1. The zero-order chi connectivity index (χ0) is 13.1. The highest BCUT2D eigenvalue weighted by molar-refractivity contribution is 5.04. The van der Waals surface area contributed by atoms with Crippen molar-refractivity contribution in [1.29, 1.82) is 0 Å². The highest BCUT2D eigenvalue weighted by Gasteiger charge is 2.29. The average Bonchev–Trinajstić information content (AvgIpc) is 2.87. The number of aryl methyl sites for hydroxylation is 1. The number of nitrogens with zero attached hydrogens (tertiary/aromatic N) is 2. The largest absolute Gasteiger partial charge is 0.381 e. The molecule has 0 radical (unpaired) electrons. The van der Waals surface area contributed by atoms with Gasteiger partial charge in [0, 0.05) is 38.2 Å². The molecule has 19 heavy (non-hydrogen) atoms. The van der Waals surface area contributed by atoms with Gasteiger partial charge in [0.1, 0.15) is 5.82 Å². The van der Waals surface area contributed by atoms with Crippen molar-refractivity contribution >= 4 is 0 Å². The van der Waals surface area contributed by atoms with Gasteiger partial charge >= 0.3 is 0 Å². The molecule has 106 valence electrons. The molecule has 3 rings (SSSR count). The summed E-state index contributed by atoms with van der Waals surface area (Å²) in [5.74, 6) is 1.80. The van der Waals surface area contributed by atoms with E-state index in [1.807, 2.05) is 13.1 Å². The maximum Gasteiger partial charge on any atom is 0.126 e. The van der Waals surface area contributed by atoms with E-state index in [1.165, 1.54) is 12.8 Å². The molecule has 5 heteroatoms. The zero-order valence-corrected chi connectivity index (χ0v) is 11.6. The number of nitrogens with one attached hydrogen (secondary N) is 1. The number of morpholine rings is 1. The van der Waals surface area contributed by atoms with Crippen LogP contribution >= 0.6 is 0 Å². The average molecular weight is 265 g/mol. The van der Waals surface area contributed by atoms with E-state index in [0.717, 1.165) is 57.0 Å². The van der Waals surface area contributed by atoms with E-state index < -0.39 is 0 Å². The number of H-pyrrole nitrogens is 1. The summed E-state index contributed by atoms with van der Waals surface area (Å²) in [7, 11) is 0. The van der Waals surface area contributed by atoms with Crippen LogP contribution < -0.4 is 0 Å². The van der Waals surface area contributed by atoms with Gasteiger partial charge < -0.3 is 14.5 Å². The highest BCUT2D eigenvalue weighted by atomic mass is 16.5. The first-order valence-electron chi connectivity index (χ1n) is 7.24. The third-order valence-corrected chi connectivity index (χ3v) is 4.11. The molecule has 0 unspecified atom stereocenters. The van der Waals surface area contributed by atoms with Gasteiger partial charge in [0.05, 0.1) is 19.3 Å². The van der Waals surface area contributed by atoms with Gasteiger partial charge in [0.15, 0.2) is 0 Å². The molecule has 1 atom stereocenters. The first-order valence-corrected chi connectivity index (χ1v) is 7.24. The van der Waals surface area contributed by atoms with Crippen molar-refractivity contribution in [2.24, 2.45) is 5.92 Å². The third-order valence-electron chi connectivity index (χ3n) is 4.11. The van der Waals surface area contributed by atoms with Crippen molar-refractivity contribution in [3.05, 3.63) is 17.7 Å². The summed E-state index contributed by atoms with van der Waals surface area (Å²) in [6, 6.07) is 0.283. The summed E-state index contributed by atoms with van der Waals surface area (Å²) in [6.07, 6.45) is 4.26. The Balaban J connectivity index is 1.66. The second kappa shape index (κ2) is 6.03. The number of rotatable bonds is 3. The third kappa shape index (κ3) is 3.16. The SMILES string of the molecule is Cc1cnc([C@H]2COCCN2CC2CCOCC2)[nH]1. The van der Waals surface area contributed by atoms with Crippen LogP contribution in [0.5, 0.6) is 0 Å². The molecule has 2 aliphatic heterocycles. The lowest BCUT2D eigenvalue weighted by molar-refractivity contribution is -0.0293. The van der Waals surface area contributed by atoms with Gasteiger partial charge in [-0.25, -0.2) is 4.98 Å². The molecule has 1 aromatic heterocycles. The van der Waals surface area contributed by atoms with Crippen molar-refractivity contribution in [1.82, 2.24) is 14.9 Å². The van der Waals surface area contributed by atoms with E-state index in [9.17, 15) is 0 Å². The Hall–Kier alpha value is -0.910. The maximum absolute atomic E-state index is 5.64. The van der Waals surface area contributed by atoms with E-state index in [4.69, 9.17) is 9.47 Å². The molecular weight excluding hydrogens is 242 g/mol. The van der Waals surface area contributed by atoms with Crippen LogP contribution in [0.3, 0.4) is 0 Å². The monoisotopic (exact) mass is 265 g/mol. The van der Waals surface area contributed by atoms with Crippen LogP contribution in [0.2, 0.25) is 0 Å². The Morgan fingerprint density at radius 1 is 1.32 bits per heavy atom. The lowest BCUT2D eigenvalue weighted by Gasteiger charge is -2.37. The second-order valence-electron chi connectivity index (χ2n) is 5.59. The fourth-order valence-electron chi connectivity index (χ4n) is 2.97. The van der Waals surface area contributed by atoms with E-state index in [0.29, 0.717) is 0 Å². The van der Waals surface area contributed by atoms with Crippen LogP contribution in [0.1, 0.15) is 30.4 Å². The van der Waals surface area contributed by atoms with Crippen LogP contribution in [0.4, 0.5) is 0 Å².